The summed E-state index contributed by atoms with van der Waals surface area (Å²) in [5.41, 5.74) is 3.32. The molecule has 5 rings (SSSR count). The van der Waals surface area contributed by atoms with Gasteiger partial charge in [-0.05, 0) is 111 Å². The van der Waals surface area contributed by atoms with Gasteiger partial charge >= 0.3 is 0 Å². The summed E-state index contributed by atoms with van der Waals surface area (Å²) in [6.45, 7) is 2.36. The van der Waals surface area contributed by atoms with Crippen LogP contribution in [0.3, 0.4) is 0 Å². The van der Waals surface area contributed by atoms with Gasteiger partial charge in [-0.3, -0.25) is 0 Å². The Labute approximate surface area is 152 Å². The van der Waals surface area contributed by atoms with Crippen LogP contribution >= 0.6 is 0 Å². The van der Waals surface area contributed by atoms with Crippen LogP contribution in [0.25, 0.3) is 0 Å². The first-order chi connectivity index (χ1) is 12.1. The molecule has 0 amide bonds. The fraction of sp³-hybridized carbons (Fsp3) is 0.739. The molecule has 0 aliphatic heterocycles. The molecule has 3 saturated carbocycles. The van der Waals surface area contributed by atoms with Crippen LogP contribution in [-0.2, 0) is 6.42 Å². The number of aliphatic hydroxyl groups is 1. The molecule has 3 fully saturated rings. The van der Waals surface area contributed by atoms with Crippen LogP contribution in [0.1, 0.15) is 81.8 Å². The van der Waals surface area contributed by atoms with Crippen molar-refractivity contribution in [2.24, 2.45) is 17.3 Å². The highest BCUT2D eigenvalue weighted by molar-refractivity contribution is 5.41. The third-order valence-corrected chi connectivity index (χ3v) is 8.25. The minimum absolute atomic E-state index is 0.0676. The second-order valence-electron chi connectivity index (χ2n) is 9.44. The first kappa shape index (κ1) is 16.2. The van der Waals surface area contributed by atoms with Gasteiger partial charge in [0, 0.05) is 0 Å². The number of aliphatic hydroxyl groups excluding tert-OH is 1. The van der Waals surface area contributed by atoms with Crippen LogP contribution in [0.4, 0.5) is 0 Å². The molecule has 5 unspecified atom stereocenters. The summed E-state index contributed by atoms with van der Waals surface area (Å²) in [7, 11) is 0. The fourth-order valence-electron chi connectivity index (χ4n) is 6.80. The summed E-state index contributed by atoms with van der Waals surface area (Å²) in [5.74, 6) is 3.32. The molecule has 0 bridgehead atoms. The number of hydrogen-bond acceptors (Lipinski definition) is 2. The van der Waals surface area contributed by atoms with Crippen molar-refractivity contribution in [2.45, 2.75) is 89.3 Å². The Morgan fingerprint density at radius 3 is 2.72 bits per heavy atom. The summed E-state index contributed by atoms with van der Waals surface area (Å²) in [4.78, 5) is 0. The Bertz CT molecular complexity index is 647. The number of benzene rings is 1. The van der Waals surface area contributed by atoms with Gasteiger partial charge in [-0.2, -0.15) is 0 Å². The van der Waals surface area contributed by atoms with Crippen LogP contribution in [-0.4, -0.2) is 17.3 Å². The van der Waals surface area contributed by atoms with Gasteiger partial charge in [-0.15, -0.1) is 0 Å². The first-order valence-electron chi connectivity index (χ1n) is 10.6. The van der Waals surface area contributed by atoms with Crippen LogP contribution in [0.2, 0.25) is 0 Å². The average molecular weight is 341 g/mol. The number of aryl methyl sites for hydroxylation is 1. The van der Waals surface area contributed by atoms with E-state index in [0.29, 0.717) is 12.0 Å². The number of hydrogen-bond donors (Lipinski definition) is 1. The largest absolute Gasteiger partial charge is 0.490 e. The molecule has 4 aliphatic carbocycles. The lowest BCUT2D eigenvalue weighted by Gasteiger charge is -2.50. The van der Waals surface area contributed by atoms with E-state index in [2.05, 4.69) is 25.1 Å². The second kappa shape index (κ2) is 6.01. The normalized spacial score (nSPS) is 40.4. The summed E-state index contributed by atoms with van der Waals surface area (Å²) in [6.07, 6.45) is 12.7. The van der Waals surface area contributed by atoms with Crippen LogP contribution in [0.5, 0.6) is 5.75 Å². The molecule has 2 nitrogen and oxygen atoms in total. The third kappa shape index (κ3) is 2.55. The van der Waals surface area contributed by atoms with Gasteiger partial charge in [0.15, 0.2) is 0 Å². The lowest BCUT2D eigenvalue weighted by Crippen LogP contribution is -2.43. The highest BCUT2D eigenvalue weighted by Crippen LogP contribution is 2.60. The van der Waals surface area contributed by atoms with Crippen molar-refractivity contribution in [3.63, 3.8) is 0 Å². The smallest absolute Gasteiger partial charge is 0.120 e. The molecule has 1 N–H and O–H groups in total. The Morgan fingerprint density at radius 1 is 1.04 bits per heavy atom. The average Bonchev–Trinajstić information content (AvgIpc) is 3.23. The minimum Gasteiger partial charge on any atom is -0.490 e. The second-order valence-corrected chi connectivity index (χ2v) is 9.44. The quantitative estimate of drug-likeness (QED) is 0.799. The summed E-state index contributed by atoms with van der Waals surface area (Å²) in [6, 6.07) is 6.96. The third-order valence-electron chi connectivity index (χ3n) is 8.25. The van der Waals surface area contributed by atoms with Gasteiger partial charge in [0.2, 0.25) is 0 Å². The Kier molecular flexibility index (Phi) is 3.89. The molecule has 5 atom stereocenters. The maximum absolute atomic E-state index is 10.5. The van der Waals surface area contributed by atoms with E-state index in [9.17, 15) is 5.11 Å². The van der Waals surface area contributed by atoms with Crippen LogP contribution < -0.4 is 4.74 Å². The zero-order chi connectivity index (χ0) is 17.0. The van der Waals surface area contributed by atoms with Crippen LogP contribution in [0, 0.1) is 17.3 Å². The monoisotopic (exact) mass is 340 g/mol. The first-order valence-corrected chi connectivity index (χ1v) is 10.6. The zero-order valence-electron chi connectivity index (χ0n) is 15.5. The van der Waals surface area contributed by atoms with Crippen molar-refractivity contribution >= 4 is 0 Å². The minimum atomic E-state index is -0.0676. The molecular weight excluding hydrogens is 308 g/mol. The molecule has 0 heterocycles. The van der Waals surface area contributed by atoms with E-state index in [1.807, 2.05) is 0 Å². The maximum atomic E-state index is 10.5. The molecule has 4 aliphatic rings. The van der Waals surface area contributed by atoms with Crippen molar-refractivity contribution in [1.82, 2.24) is 0 Å². The van der Waals surface area contributed by atoms with E-state index >= 15 is 0 Å². The summed E-state index contributed by atoms with van der Waals surface area (Å²) < 4.78 is 6.24. The molecule has 0 spiro atoms. The molecule has 1 aromatic rings. The number of ether oxygens (including phenoxy) is 1. The maximum Gasteiger partial charge on any atom is 0.120 e. The molecule has 0 saturated heterocycles. The van der Waals surface area contributed by atoms with Crippen molar-refractivity contribution in [1.29, 1.82) is 0 Å². The van der Waals surface area contributed by atoms with Gasteiger partial charge in [-0.1, -0.05) is 13.0 Å². The lowest BCUT2D eigenvalue weighted by atomic mass is 9.55. The Hall–Kier alpha value is -1.02. The molecule has 25 heavy (non-hydrogen) atoms. The summed E-state index contributed by atoms with van der Waals surface area (Å²) >= 11 is 0. The highest BCUT2D eigenvalue weighted by Gasteiger charge is 2.54. The predicted molar refractivity (Wildman–Crippen MR) is 99.9 cm³/mol. The summed E-state index contributed by atoms with van der Waals surface area (Å²) in [5, 5.41) is 10.5. The van der Waals surface area contributed by atoms with Crippen molar-refractivity contribution in [3.8, 4) is 5.75 Å². The van der Waals surface area contributed by atoms with E-state index in [4.69, 9.17) is 4.74 Å². The molecular formula is C23H32O2. The van der Waals surface area contributed by atoms with Gasteiger partial charge < -0.3 is 9.84 Å². The van der Waals surface area contributed by atoms with Crippen molar-refractivity contribution in [3.05, 3.63) is 29.3 Å². The standard InChI is InChI=1S/C23H32O2/c1-23-13-12-19-18-9-7-17(25-16-4-2-3-5-16)14-15(18)6-8-20(19)21(23)10-11-22(23)24/h7,9,14,16,19-22,24H,2-6,8,10-13H2,1H3. The van der Waals surface area contributed by atoms with E-state index in [-0.39, 0.29) is 11.5 Å². The molecule has 136 valence electrons. The SMILES string of the molecule is CC12CCC3c4ccc(OC5CCCC5)cc4CCC3C1CCC2O. The van der Waals surface area contributed by atoms with Gasteiger partial charge in [0.25, 0.3) is 0 Å². The molecule has 0 radical (unpaired) electrons. The van der Waals surface area contributed by atoms with Gasteiger partial charge in [-0.25, -0.2) is 0 Å². The van der Waals surface area contributed by atoms with Crippen LogP contribution in [0.15, 0.2) is 18.2 Å². The van der Waals surface area contributed by atoms with Crippen molar-refractivity contribution in [2.75, 3.05) is 0 Å². The number of fused-ring (bicyclic) bond motifs is 5. The topological polar surface area (TPSA) is 29.5 Å². The Morgan fingerprint density at radius 2 is 1.88 bits per heavy atom. The zero-order valence-corrected chi connectivity index (χ0v) is 15.5. The van der Waals surface area contributed by atoms with E-state index in [0.717, 1.165) is 24.0 Å². The van der Waals surface area contributed by atoms with Gasteiger partial charge in [0.05, 0.1) is 12.2 Å². The molecule has 2 heteroatoms. The predicted octanol–water partition coefficient (Wildman–Crippen LogP) is 5.23. The van der Waals surface area contributed by atoms with Crippen molar-refractivity contribution < 1.29 is 9.84 Å². The Balaban J connectivity index is 1.39. The highest BCUT2D eigenvalue weighted by atomic mass is 16.5. The van der Waals surface area contributed by atoms with E-state index in [1.165, 1.54) is 57.8 Å². The van der Waals surface area contributed by atoms with Gasteiger partial charge in [0.1, 0.15) is 5.75 Å². The fourth-order valence-corrected chi connectivity index (χ4v) is 6.80. The van der Waals surface area contributed by atoms with E-state index in [1.54, 1.807) is 11.1 Å². The lowest BCUT2D eigenvalue weighted by molar-refractivity contribution is -0.0226. The molecule has 0 aromatic heterocycles. The number of rotatable bonds is 2. The molecule has 1 aromatic carbocycles. The van der Waals surface area contributed by atoms with E-state index < -0.39 is 0 Å².